The van der Waals surface area contributed by atoms with Crippen molar-refractivity contribution in [2.45, 2.75) is 116 Å². The summed E-state index contributed by atoms with van der Waals surface area (Å²) in [5.41, 5.74) is 1.13. The molecule has 6 nitrogen and oxygen atoms in total. The first-order chi connectivity index (χ1) is 14.9. The molecular formula is C24H49NO5Si2. The van der Waals surface area contributed by atoms with E-state index in [-0.39, 0.29) is 18.2 Å². The van der Waals surface area contributed by atoms with E-state index in [1.54, 1.807) is 7.11 Å². The minimum Gasteiger partial charge on any atom is -0.469 e. The lowest BCUT2D eigenvalue weighted by atomic mass is 9.85. The van der Waals surface area contributed by atoms with E-state index in [0.29, 0.717) is 18.3 Å². The van der Waals surface area contributed by atoms with Gasteiger partial charge in [-0.05, 0) is 89.6 Å². The molecule has 0 amide bonds. The molecule has 0 N–H and O–H groups in total. The van der Waals surface area contributed by atoms with Crippen molar-refractivity contribution < 1.29 is 23.2 Å². The summed E-state index contributed by atoms with van der Waals surface area (Å²) in [6.45, 7) is 15.7. The molecule has 0 aliphatic heterocycles. The summed E-state index contributed by atoms with van der Waals surface area (Å²) < 4.78 is 18.3. The zero-order valence-electron chi connectivity index (χ0n) is 22.2. The van der Waals surface area contributed by atoms with Crippen molar-refractivity contribution in [3.63, 3.8) is 0 Å². The highest BCUT2D eigenvalue weighted by Crippen LogP contribution is 2.44. The SMILES string of the molecule is CCCCC/C(CC[C@@H]1[C@@H](CCC(=O)OC)[C@@H](O[Si](C)(C)C)C[C@@H]1O[Si](C)(C)C)=N/OC. The molecule has 0 heterocycles. The first kappa shape index (κ1) is 29.3. The average Bonchev–Trinajstić information content (AvgIpc) is 2.96. The molecule has 0 aromatic rings. The largest absolute Gasteiger partial charge is 0.469 e. The predicted octanol–water partition coefficient (Wildman–Crippen LogP) is 6.38. The number of methoxy groups -OCH3 is 1. The van der Waals surface area contributed by atoms with Crippen molar-refractivity contribution in [3.05, 3.63) is 0 Å². The Labute approximate surface area is 199 Å². The van der Waals surface area contributed by atoms with E-state index < -0.39 is 16.6 Å². The Morgan fingerprint density at radius 3 is 1.81 bits per heavy atom. The molecule has 1 rings (SSSR count). The van der Waals surface area contributed by atoms with Crippen LogP contribution < -0.4 is 0 Å². The van der Waals surface area contributed by atoms with Gasteiger partial charge in [0, 0.05) is 6.42 Å². The summed E-state index contributed by atoms with van der Waals surface area (Å²) in [4.78, 5) is 17.1. The van der Waals surface area contributed by atoms with E-state index in [1.165, 1.54) is 20.0 Å². The van der Waals surface area contributed by atoms with Gasteiger partial charge in [0.25, 0.3) is 0 Å². The van der Waals surface area contributed by atoms with E-state index in [0.717, 1.165) is 44.2 Å². The summed E-state index contributed by atoms with van der Waals surface area (Å²) in [7, 11) is -0.359. The zero-order chi connectivity index (χ0) is 24.4. The Hall–Kier alpha value is -0.706. The fourth-order valence-corrected chi connectivity index (χ4v) is 7.11. The van der Waals surface area contributed by atoms with Gasteiger partial charge in [0.05, 0.1) is 25.0 Å². The molecule has 1 aliphatic carbocycles. The van der Waals surface area contributed by atoms with Crippen LogP contribution in [0.5, 0.6) is 0 Å². The van der Waals surface area contributed by atoms with Crippen LogP contribution in [0.25, 0.3) is 0 Å². The van der Waals surface area contributed by atoms with Crippen molar-refractivity contribution in [1.29, 1.82) is 0 Å². The fraction of sp³-hybridized carbons (Fsp3) is 0.917. The van der Waals surface area contributed by atoms with Gasteiger partial charge in [-0.15, -0.1) is 0 Å². The monoisotopic (exact) mass is 487 g/mol. The molecule has 8 heteroatoms. The second-order valence-corrected chi connectivity index (χ2v) is 20.0. The molecule has 0 saturated heterocycles. The second-order valence-electron chi connectivity index (χ2n) is 11.1. The molecule has 1 aliphatic rings. The van der Waals surface area contributed by atoms with E-state index in [2.05, 4.69) is 51.4 Å². The lowest BCUT2D eigenvalue weighted by molar-refractivity contribution is -0.141. The van der Waals surface area contributed by atoms with Crippen LogP contribution in [-0.2, 0) is 23.2 Å². The average molecular weight is 488 g/mol. The standard InChI is InChI=1S/C24H49NO5Si2/c1-10-11-12-13-19(25-28-3)14-15-20-21(16-17-24(26)27-2)23(30-32(7,8)9)18-22(20)29-31(4,5)6/h20-23H,10-18H2,1-9H3/b25-19-/t20-,21-,22+,23+/m1/s1. The summed E-state index contributed by atoms with van der Waals surface area (Å²) in [5, 5.41) is 4.33. The van der Waals surface area contributed by atoms with E-state index in [9.17, 15) is 4.79 Å². The molecule has 0 aromatic heterocycles. The number of carbonyl (C=O) groups excluding carboxylic acids is 1. The first-order valence-corrected chi connectivity index (χ1v) is 19.2. The number of hydrogen-bond acceptors (Lipinski definition) is 6. The highest BCUT2D eigenvalue weighted by atomic mass is 28.4. The predicted molar refractivity (Wildman–Crippen MR) is 137 cm³/mol. The van der Waals surface area contributed by atoms with Crippen LogP contribution in [0, 0.1) is 11.8 Å². The first-order valence-electron chi connectivity index (χ1n) is 12.4. The Kier molecular flexibility index (Phi) is 12.7. The van der Waals surface area contributed by atoms with Gasteiger partial charge in [0.2, 0.25) is 0 Å². The molecule has 0 spiro atoms. The fourth-order valence-electron chi connectivity index (χ4n) is 4.75. The number of esters is 1. The van der Waals surface area contributed by atoms with Gasteiger partial charge >= 0.3 is 5.97 Å². The van der Waals surface area contributed by atoms with Gasteiger partial charge in [-0.1, -0.05) is 24.9 Å². The maximum Gasteiger partial charge on any atom is 0.305 e. The number of oxime groups is 1. The number of ether oxygens (including phenoxy) is 1. The van der Waals surface area contributed by atoms with Gasteiger partial charge in [0.15, 0.2) is 16.6 Å². The number of carbonyl (C=O) groups is 1. The molecule has 1 fully saturated rings. The zero-order valence-corrected chi connectivity index (χ0v) is 24.2. The quantitative estimate of drug-likeness (QED) is 0.0881. The molecule has 0 radical (unpaired) electrons. The van der Waals surface area contributed by atoms with Crippen LogP contribution in [0.4, 0.5) is 0 Å². The molecule has 32 heavy (non-hydrogen) atoms. The van der Waals surface area contributed by atoms with Gasteiger partial charge in [-0.2, -0.15) is 0 Å². The summed E-state index contributed by atoms with van der Waals surface area (Å²) in [5.74, 6) is 0.494. The molecule has 188 valence electrons. The third-order valence-electron chi connectivity index (χ3n) is 5.94. The van der Waals surface area contributed by atoms with Crippen LogP contribution in [0.3, 0.4) is 0 Å². The summed E-state index contributed by atoms with van der Waals surface area (Å²) >= 11 is 0. The highest BCUT2D eigenvalue weighted by Gasteiger charge is 2.46. The minimum absolute atomic E-state index is 0.139. The Balaban J connectivity index is 3.07. The van der Waals surface area contributed by atoms with Crippen molar-refractivity contribution in [2.24, 2.45) is 17.0 Å². The molecule has 1 saturated carbocycles. The number of rotatable bonds is 15. The third kappa shape index (κ3) is 11.4. The molecule has 4 atom stereocenters. The maximum absolute atomic E-state index is 12.0. The molecule has 0 aromatic carbocycles. The van der Waals surface area contributed by atoms with Crippen LogP contribution in [0.1, 0.15) is 64.7 Å². The van der Waals surface area contributed by atoms with Crippen LogP contribution in [0.15, 0.2) is 5.16 Å². The normalized spacial score (nSPS) is 24.6. The van der Waals surface area contributed by atoms with Crippen molar-refractivity contribution >= 4 is 28.3 Å². The third-order valence-corrected chi connectivity index (χ3v) is 7.96. The van der Waals surface area contributed by atoms with Gasteiger partial charge in [0.1, 0.15) is 7.11 Å². The van der Waals surface area contributed by atoms with Crippen molar-refractivity contribution in [1.82, 2.24) is 0 Å². The Morgan fingerprint density at radius 2 is 1.38 bits per heavy atom. The maximum atomic E-state index is 12.0. The van der Waals surface area contributed by atoms with Crippen LogP contribution >= 0.6 is 0 Å². The summed E-state index contributed by atoms with van der Waals surface area (Å²) in [6.07, 6.45) is 8.86. The molecule has 0 unspecified atom stereocenters. The van der Waals surface area contributed by atoms with Crippen LogP contribution in [-0.4, -0.2) is 54.7 Å². The van der Waals surface area contributed by atoms with E-state index in [1.807, 2.05) is 0 Å². The minimum atomic E-state index is -1.73. The van der Waals surface area contributed by atoms with Crippen molar-refractivity contribution in [2.75, 3.05) is 14.2 Å². The number of nitrogens with zero attached hydrogens (tertiary/aromatic N) is 1. The number of hydrogen-bond donors (Lipinski definition) is 0. The van der Waals surface area contributed by atoms with E-state index in [4.69, 9.17) is 18.4 Å². The smallest absolute Gasteiger partial charge is 0.305 e. The van der Waals surface area contributed by atoms with Gasteiger partial charge in [-0.25, -0.2) is 0 Å². The highest BCUT2D eigenvalue weighted by molar-refractivity contribution is 6.70. The Bertz CT molecular complexity index is 586. The van der Waals surface area contributed by atoms with Gasteiger partial charge < -0.3 is 18.4 Å². The van der Waals surface area contributed by atoms with Crippen LogP contribution in [0.2, 0.25) is 39.3 Å². The second kappa shape index (κ2) is 13.9. The topological polar surface area (TPSA) is 66.4 Å². The number of unbranched alkanes of at least 4 members (excludes halogenated alkanes) is 2. The van der Waals surface area contributed by atoms with Gasteiger partial charge in [-0.3, -0.25) is 4.79 Å². The Morgan fingerprint density at radius 1 is 0.844 bits per heavy atom. The van der Waals surface area contributed by atoms with E-state index >= 15 is 0 Å². The molecular weight excluding hydrogens is 438 g/mol. The molecule has 0 bridgehead atoms. The van der Waals surface area contributed by atoms with Crippen molar-refractivity contribution in [3.8, 4) is 0 Å². The lowest BCUT2D eigenvalue weighted by Gasteiger charge is -2.31. The lowest BCUT2D eigenvalue weighted by Crippen LogP contribution is -2.35. The summed E-state index contributed by atoms with van der Waals surface area (Å²) in [6, 6.07) is 0.